The first-order valence-electron chi connectivity index (χ1n) is 5.12. The number of nitrogens with zero attached hydrogens (tertiary/aromatic N) is 1. The highest BCUT2D eigenvalue weighted by atomic mass is 79.9. The quantitative estimate of drug-likeness (QED) is 0.754. The minimum absolute atomic E-state index is 0.592. The summed E-state index contributed by atoms with van der Waals surface area (Å²) >= 11 is 6.87. The molecule has 0 spiro atoms. The Morgan fingerprint density at radius 1 is 1.06 bits per heavy atom. The molecule has 1 heterocycles. The normalized spacial score (nSPS) is 10.4. The van der Waals surface area contributed by atoms with Crippen LogP contribution in [0.3, 0.4) is 0 Å². The molecule has 4 heteroatoms. The summed E-state index contributed by atoms with van der Waals surface area (Å²) in [4.78, 5) is 4.17. The summed E-state index contributed by atoms with van der Waals surface area (Å²) < 4.78 is 7.75. The Bertz CT molecular complexity index is 515. The summed E-state index contributed by atoms with van der Waals surface area (Å²) in [6, 6.07) is 7.71. The molecule has 1 aromatic heterocycles. The average Bonchev–Trinajstić information content (AvgIpc) is 2.29. The molecule has 0 atom stereocenters. The molecule has 1 aromatic carbocycles. The van der Waals surface area contributed by atoms with Crippen LogP contribution in [0.25, 0.3) is 0 Å². The maximum atomic E-state index is 5.70. The van der Waals surface area contributed by atoms with E-state index in [1.807, 2.05) is 38.1 Å². The van der Waals surface area contributed by atoms with Crippen molar-refractivity contribution in [3.05, 3.63) is 50.5 Å². The zero-order valence-electron chi connectivity index (χ0n) is 9.50. The molecule has 0 aliphatic carbocycles. The van der Waals surface area contributed by atoms with Gasteiger partial charge in [-0.15, -0.1) is 0 Å². The van der Waals surface area contributed by atoms with Crippen molar-refractivity contribution in [2.24, 2.45) is 0 Å². The van der Waals surface area contributed by atoms with Gasteiger partial charge >= 0.3 is 0 Å². The van der Waals surface area contributed by atoms with Gasteiger partial charge in [-0.1, -0.05) is 15.9 Å². The average molecular weight is 357 g/mol. The molecule has 0 fully saturated rings. The van der Waals surface area contributed by atoms with Crippen molar-refractivity contribution >= 4 is 31.9 Å². The molecular formula is C13H11Br2NO. The van der Waals surface area contributed by atoms with Crippen LogP contribution in [0.2, 0.25) is 0 Å². The maximum absolute atomic E-state index is 5.70. The molecular weight excluding hydrogens is 346 g/mol. The molecule has 88 valence electrons. The number of aryl methyl sites for hydroxylation is 2. The fourth-order valence-electron chi connectivity index (χ4n) is 1.51. The molecule has 0 radical (unpaired) electrons. The van der Waals surface area contributed by atoms with E-state index in [9.17, 15) is 0 Å². The van der Waals surface area contributed by atoms with Gasteiger partial charge in [0.15, 0.2) is 0 Å². The molecule has 0 amide bonds. The Labute approximate surface area is 117 Å². The monoisotopic (exact) mass is 355 g/mol. The standard InChI is InChI=1S/C13H11Br2NO/c1-8-5-11(6-9(2)13(8)15)17-12-4-3-10(14)7-16-12/h3-7H,1-2H3. The van der Waals surface area contributed by atoms with Crippen LogP contribution in [0.1, 0.15) is 11.1 Å². The van der Waals surface area contributed by atoms with Crippen LogP contribution < -0.4 is 4.74 Å². The highest BCUT2D eigenvalue weighted by Crippen LogP contribution is 2.28. The molecule has 2 aromatic rings. The van der Waals surface area contributed by atoms with E-state index >= 15 is 0 Å². The lowest BCUT2D eigenvalue weighted by atomic mass is 10.1. The zero-order chi connectivity index (χ0) is 12.4. The fourth-order valence-corrected chi connectivity index (χ4v) is 1.97. The van der Waals surface area contributed by atoms with Crippen LogP contribution >= 0.6 is 31.9 Å². The van der Waals surface area contributed by atoms with E-state index in [1.54, 1.807) is 6.20 Å². The summed E-state index contributed by atoms with van der Waals surface area (Å²) in [6.07, 6.45) is 1.72. The minimum atomic E-state index is 0.592. The van der Waals surface area contributed by atoms with Crippen molar-refractivity contribution < 1.29 is 4.74 Å². The highest BCUT2D eigenvalue weighted by Gasteiger charge is 2.04. The number of pyridine rings is 1. The Balaban J connectivity index is 2.27. The lowest BCUT2D eigenvalue weighted by Gasteiger charge is -2.09. The lowest BCUT2D eigenvalue weighted by molar-refractivity contribution is 0.462. The SMILES string of the molecule is Cc1cc(Oc2ccc(Br)cn2)cc(C)c1Br. The molecule has 17 heavy (non-hydrogen) atoms. The third-order valence-corrected chi connectivity index (χ3v) is 4.05. The number of hydrogen-bond acceptors (Lipinski definition) is 2. The van der Waals surface area contributed by atoms with E-state index in [2.05, 4.69) is 36.8 Å². The van der Waals surface area contributed by atoms with Crippen molar-refractivity contribution in [3.8, 4) is 11.6 Å². The van der Waals surface area contributed by atoms with Crippen LogP contribution in [0.15, 0.2) is 39.4 Å². The molecule has 0 aliphatic heterocycles. The second-order valence-corrected chi connectivity index (χ2v) is 5.50. The Hall–Kier alpha value is -0.870. The first-order valence-corrected chi connectivity index (χ1v) is 6.71. The van der Waals surface area contributed by atoms with E-state index in [4.69, 9.17) is 4.74 Å². The molecule has 0 unspecified atom stereocenters. The van der Waals surface area contributed by atoms with E-state index in [-0.39, 0.29) is 0 Å². The van der Waals surface area contributed by atoms with Crippen molar-refractivity contribution in [2.75, 3.05) is 0 Å². The van der Waals surface area contributed by atoms with Gasteiger partial charge < -0.3 is 4.74 Å². The van der Waals surface area contributed by atoms with Gasteiger partial charge in [-0.05, 0) is 59.1 Å². The van der Waals surface area contributed by atoms with Crippen LogP contribution in [0.5, 0.6) is 11.6 Å². The minimum Gasteiger partial charge on any atom is -0.439 e. The van der Waals surface area contributed by atoms with Crippen molar-refractivity contribution in [1.29, 1.82) is 0 Å². The first kappa shape index (κ1) is 12.6. The Kier molecular flexibility index (Phi) is 3.84. The van der Waals surface area contributed by atoms with Crippen molar-refractivity contribution in [3.63, 3.8) is 0 Å². The lowest BCUT2D eigenvalue weighted by Crippen LogP contribution is -1.90. The van der Waals surface area contributed by atoms with E-state index in [1.165, 1.54) is 0 Å². The summed E-state index contributed by atoms with van der Waals surface area (Å²) in [5.74, 6) is 1.40. The predicted molar refractivity (Wildman–Crippen MR) is 75.6 cm³/mol. The maximum Gasteiger partial charge on any atom is 0.219 e. The molecule has 0 aliphatic rings. The summed E-state index contributed by atoms with van der Waals surface area (Å²) in [5, 5.41) is 0. The van der Waals surface area contributed by atoms with Gasteiger partial charge in [0.05, 0.1) is 0 Å². The summed E-state index contributed by atoms with van der Waals surface area (Å²) in [6.45, 7) is 4.08. The molecule has 2 nitrogen and oxygen atoms in total. The van der Waals surface area contributed by atoms with Crippen molar-refractivity contribution in [2.45, 2.75) is 13.8 Å². The van der Waals surface area contributed by atoms with Crippen LogP contribution in [0, 0.1) is 13.8 Å². The topological polar surface area (TPSA) is 22.1 Å². The Morgan fingerprint density at radius 3 is 2.24 bits per heavy atom. The predicted octanol–water partition coefficient (Wildman–Crippen LogP) is 5.02. The molecule has 0 saturated carbocycles. The van der Waals surface area contributed by atoms with E-state index in [0.717, 1.165) is 25.8 Å². The zero-order valence-corrected chi connectivity index (χ0v) is 12.7. The number of hydrogen-bond donors (Lipinski definition) is 0. The van der Waals surface area contributed by atoms with Gasteiger partial charge in [0, 0.05) is 21.2 Å². The third kappa shape index (κ3) is 3.07. The van der Waals surface area contributed by atoms with E-state index < -0.39 is 0 Å². The second-order valence-electron chi connectivity index (χ2n) is 3.79. The van der Waals surface area contributed by atoms with Gasteiger partial charge in [-0.2, -0.15) is 0 Å². The number of halogens is 2. The van der Waals surface area contributed by atoms with Gasteiger partial charge in [0.1, 0.15) is 5.75 Å². The van der Waals surface area contributed by atoms with Gasteiger partial charge in [0.25, 0.3) is 0 Å². The van der Waals surface area contributed by atoms with E-state index in [0.29, 0.717) is 5.88 Å². The molecule has 0 bridgehead atoms. The largest absolute Gasteiger partial charge is 0.439 e. The van der Waals surface area contributed by atoms with Gasteiger partial charge in [-0.3, -0.25) is 0 Å². The molecule has 2 rings (SSSR count). The number of aromatic nitrogens is 1. The smallest absolute Gasteiger partial charge is 0.219 e. The summed E-state index contributed by atoms with van der Waals surface area (Å²) in [7, 11) is 0. The van der Waals surface area contributed by atoms with Crippen LogP contribution in [0.4, 0.5) is 0 Å². The number of rotatable bonds is 2. The van der Waals surface area contributed by atoms with Gasteiger partial charge in [0.2, 0.25) is 5.88 Å². The highest BCUT2D eigenvalue weighted by molar-refractivity contribution is 9.10. The third-order valence-electron chi connectivity index (χ3n) is 2.33. The van der Waals surface area contributed by atoms with Crippen molar-refractivity contribution in [1.82, 2.24) is 4.98 Å². The van der Waals surface area contributed by atoms with Crippen LogP contribution in [-0.4, -0.2) is 4.98 Å². The number of benzene rings is 1. The second kappa shape index (κ2) is 5.19. The summed E-state index contributed by atoms with van der Waals surface area (Å²) in [5.41, 5.74) is 2.30. The van der Waals surface area contributed by atoms with Crippen LogP contribution in [-0.2, 0) is 0 Å². The Morgan fingerprint density at radius 2 is 1.71 bits per heavy atom. The fraction of sp³-hybridized carbons (Fsp3) is 0.154. The number of ether oxygens (including phenoxy) is 1. The molecule has 0 N–H and O–H groups in total. The first-order chi connectivity index (χ1) is 8.06. The molecule has 0 saturated heterocycles. The van der Waals surface area contributed by atoms with Gasteiger partial charge in [-0.25, -0.2) is 4.98 Å².